The fourth-order valence-electron chi connectivity index (χ4n) is 7.09. The fraction of sp³-hybridized carbons (Fsp3) is 0.200. The number of anilines is 1. The fourth-order valence-corrected chi connectivity index (χ4v) is 7.09. The van der Waals surface area contributed by atoms with Crippen molar-refractivity contribution in [2.75, 3.05) is 4.90 Å². The molecule has 4 aromatic rings. The van der Waals surface area contributed by atoms with Gasteiger partial charge in [-0.15, -0.1) is 0 Å². The molecule has 0 saturated heterocycles. The number of Topliss-reactive ketones (excluding diaryl/α,β-unsaturated/α-hetero) is 2. The van der Waals surface area contributed by atoms with E-state index in [1.807, 2.05) is 12.1 Å². The van der Waals surface area contributed by atoms with E-state index in [0.717, 1.165) is 16.9 Å². The number of nitrogens with zero attached hydrogens (tertiary/aromatic N) is 2. The average Bonchev–Trinajstić information content (AvgIpc) is 3.81. The highest BCUT2D eigenvalue weighted by atomic mass is 16.2. The van der Waals surface area contributed by atoms with E-state index in [1.54, 1.807) is 36.4 Å². The Labute approximate surface area is 245 Å². The highest BCUT2D eigenvalue weighted by Gasteiger charge is 2.46. The maximum atomic E-state index is 13.5. The minimum absolute atomic E-state index is 0.0445. The molecule has 8 rings (SSSR count). The van der Waals surface area contributed by atoms with Crippen LogP contribution in [0.2, 0.25) is 0 Å². The largest absolute Gasteiger partial charge is 0.309 e. The molecule has 2 heterocycles. The number of hydrogen-bond acceptors (Lipinski definition) is 6. The molecule has 1 saturated carbocycles. The van der Waals surface area contributed by atoms with Gasteiger partial charge in [0.25, 0.3) is 17.4 Å². The first-order valence-electron chi connectivity index (χ1n) is 14.5. The zero-order valence-corrected chi connectivity index (χ0v) is 23.1. The monoisotopic (exact) mass is 567 g/mol. The number of nitrogens with one attached hydrogen (secondary N) is 1. The predicted molar refractivity (Wildman–Crippen MR) is 160 cm³/mol. The summed E-state index contributed by atoms with van der Waals surface area (Å²) in [5, 5.41) is 0.343. The first-order valence-corrected chi connectivity index (χ1v) is 14.5. The van der Waals surface area contributed by atoms with Crippen LogP contribution in [0, 0.1) is 5.92 Å². The van der Waals surface area contributed by atoms with Crippen molar-refractivity contribution < 1.29 is 19.2 Å². The maximum Gasteiger partial charge on any atom is 0.266 e. The Morgan fingerprint density at radius 2 is 1.42 bits per heavy atom. The van der Waals surface area contributed by atoms with Crippen molar-refractivity contribution in [3.05, 3.63) is 122 Å². The van der Waals surface area contributed by atoms with E-state index in [2.05, 4.69) is 22.1 Å². The molecule has 210 valence electrons. The number of para-hydroxylation sites is 1. The van der Waals surface area contributed by atoms with Crippen molar-refractivity contribution in [1.29, 1.82) is 0 Å². The van der Waals surface area contributed by atoms with Gasteiger partial charge in [0.15, 0.2) is 11.6 Å². The highest BCUT2D eigenvalue weighted by molar-refractivity contribution is 6.37. The summed E-state index contributed by atoms with van der Waals surface area (Å²) in [4.78, 5) is 74.7. The standard InChI is InChI=1S/C35H25N3O5/c39-30-24-16-26-27(17-25(24)31(40)29(30)32-36-28-11-4-3-8-23(28)33(41)37-32)35(43)38(34(26)42)20-14-12-19(13-15-20)22-10-5-9-21(22)18-6-1-2-7-18/h3-5,8-9,11-18,29H,1-2,6-7,10H2,(H,36,37,41). The zero-order chi connectivity index (χ0) is 29.4. The zero-order valence-electron chi connectivity index (χ0n) is 23.1. The lowest BCUT2D eigenvalue weighted by Crippen LogP contribution is -2.29. The van der Waals surface area contributed by atoms with Gasteiger partial charge in [-0.25, -0.2) is 9.88 Å². The van der Waals surface area contributed by atoms with Crippen LogP contribution in [0.25, 0.3) is 16.5 Å². The number of allylic oxidation sites excluding steroid dienone is 4. The number of ketones is 2. The molecule has 1 aromatic heterocycles. The number of fused-ring (bicyclic) bond motifs is 3. The van der Waals surface area contributed by atoms with Crippen LogP contribution < -0.4 is 10.5 Å². The lowest BCUT2D eigenvalue weighted by Gasteiger charge is -2.16. The van der Waals surface area contributed by atoms with Crippen LogP contribution in [0.3, 0.4) is 0 Å². The average molecular weight is 568 g/mol. The number of aromatic nitrogens is 2. The van der Waals surface area contributed by atoms with Gasteiger partial charge in [-0.1, -0.05) is 49.3 Å². The summed E-state index contributed by atoms with van der Waals surface area (Å²) in [5.41, 5.74) is 4.34. The number of rotatable bonds is 4. The van der Waals surface area contributed by atoms with Crippen molar-refractivity contribution in [3.63, 3.8) is 0 Å². The van der Waals surface area contributed by atoms with Gasteiger partial charge in [-0.2, -0.15) is 0 Å². The molecule has 8 nitrogen and oxygen atoms in total. The topological polar surface area (TPSA) is 117 Å². The van der Waals surface area contributed by atoms with E-state index in [0.29, 0.717) is 22.5 Å². The summed E-state index contributed by atoms with van der Waals surface area (Å²) in [6.07, 6.45) is 10.2. The third kappa shape index (κ3) is 3.75. The number of carbonyl (C=O) groups excluding carboxylic acids is 4. The number of H-pyrrole nitrogens is 1. The Hall–Kier alpha value is -5.24. The lowest BCUT2D eigenvalue weighted by molar-refractivity contribution is 0.0882. The van der Waals surface area contributed by atoms with E-state index in [4.69, 9.17) is 0 Å². The summed E-state index contributed by atoms with van der Waals surface area (Å²) in [7, 11) is 0. The molecule has 3 aliphatic carbocycles. The Balaban J connectivity index is 1.10. The van der Waals surface area contributed by atoms with Gasteiger partial charge in [0.05, 0.1) is 27.7 Å². The van der Waals surface area contributed by atoms with E-state index >= 15 is 0 Å². The Bertz CT molecular complexity index is 2010. The van der Waals surface area contributed by atoms with Gasteiger partial charge < -0.3 is 4.98 Å². The predicted octanol–water partition coefficient (Wildman–Crippen LogP) is 5.79. The van der Waals surface area contributed by atoms with E-state index in [9.17, 15) is 24.0 Å². The number of hydrogen-bond donors (Lipinski definition) is 1. The number of aromatic amines is 1. The van der Waals surface area contributed by atoms with Gasteiger partial charge in [0, 0.05) is 11.1 Å². The summed E-state index contributed by atoms with van der Waals surface area (Å²) in [6.45, 7) is 0. The molecule has 0 atom stereocenters. The summed E-state index contributed by atoms with van der Waals surface area (Å²) >= 11 is 0. The molecule has 0 spiro atoms. The number of benzene rings is 3. The van der Waals surface area contributed by atoms with E-state index in [1.165, 1.54) is 49.0 Å². The molecule has 1 fully saturated rings. The normalized spacial score (nSPS) is 18.6. The maximum absolute atomic E-state index is 13.5. The van der Waals surface area contributed by atoms with Crippen LogP contribution in [0.4, 0.5) is 5.69 Å². The molecule has 4 aliphatic rings. The van der Waals surface area contributed by atoms with E-state index < -0.39 is 34.9 Å². The number of imide groups is 1. The van der Waals surface area contributed by atoms with Crippen LogP contribution in [0.15, 0.2) is 83.2 Å². The quantitative estimate of drug-likeness (QED) is 0.246. The van der Waals surface area contributed by atoms with Gasteiger partial charge in [0.1, 0.15) is 11.7 Å². The Morgan fingerprint density at radius 1 is 0.767 bits per heavy atom. The second kappa shape index (κ2) is 9.39. The van der Waals surface area contributed by atoms with Crippen LogP contribution in [0.1, 0.15) is 90.8 Å². The molecular formula is C35H25N3O5. The molecule has 0 unspecified atom stereocenters. The van der Waals surface area contributed by atoms with Crippen molar-refractivity contribution in [2.45, 2.75) is 38.0 Å². The van der Waals surface area contributed by atoms with Crippen molar-refractivity contribution >= 4 is 45.5 Å². The first-order chi connectivity index (χ1) is 20.9. The third-order valence-electron chi connectivity index (χ3n) is 9.22. The Kier molecular flexibility index (Phi) is 5.56. The van der Waals surface area contributed by atoms with Gasteiger partial charge in [-0.3, -0.25) is 24.0 Å². The SMILES string of the molecule is O=C1c2cc3c(cc2C(=O)C1c1nc2ccccc2c(=O)[nH]1)C(=O)N(c1ccc(C2=C(C4CCCC4)C=CC2)cc1)C3=O. The highest BCUT2D eigenvalue weighted by Crippen LogP contribution is 2.41. The first kappa shape index (κ1) is 25.5. The minimum atomic E-state index is -1.35. The molecule has 2 amide bonds. The molecular weight excluding hydrogens is 542 g/mol. The molecule has 8 heteroatoms. The molecule has 0 radical (unpaired) electrons. The number of carbonyl (C=O) groups is 4. The second-order valence-corrected chi connectivity index (χ2v) is 11.6. The smallest absolute Gasteiger partial charge is 0.266 e. The summed E-state index contributed by atoms with van der Waals surface area (Å²) < 4.78 is 0. The lowest BCUT2D eigenvalue weighted by atomic mass is 9.91. The third-order valence-corrected chi connectivity index (χ3v) is 9.22. The number of amides is 2. The van der Waals surface area contributed by atoms with Gasteiger partial charge >= 0.3 is 0 Å². The van der Waals surface area contributed by atoms with Crippen LogP contribution in [0.5, 0.6) is 0 Å². The Morgan fingerprint density at radius 3 is 2.09 bits per heavy atom. The summed E-state index contributed by atoms with van der Waals surface area (Å²) in [5.74, 6) is -3.06. The molecule has 0 bridgehead atoms. The van der Waals surface area contributed by atoms with Crippen molar-refractivity contribution in [3.8, 4) is 0 Å². The van der Waals surface area contributed by atoms with Crippen LogP contribution in [-0.4, -0.2) is 33.3 Å². The molecule has 3 aromatic carbocycles. The minimum Gasteiger partial charge on any atom is -0.309 e. The summed E-state index contributed by atoms with van der Waals surface area (Å²) in [6, 6.07) is 16.8. The van der Waals surface area contributed by atoms with Gasteiger partial charge in [0.2, 0.25) is 0 Å². The molecule has 1 aliphatic heterocycles. The van der Waals surface area contributed by atoms with Crippen molar-refractivity contribution in [1.82, 2.24) is 9.97 Å². The van der Waals surface area contributed by atoms with E-state index in [-0.39, 0.29) is 28.1 Å². The van der Waals surface area contributed by atoms with Crippen molar-refractivity contribution in [2.24, 2.45) is 5.92 Å². The van der Waals surface area contributed by atoms with Crippen LogP contribution in [-0.2, 0) is 0 Å². The van der Waals surface area contributed by atoms with Gasteiger partial charge in [-0.05, 0) is 78.3 Å². The van der Waals surface area contributed by atoms with Crippen LogP contribution >= 0.6 is 0 Å². The second-order valence-electron chi connectivity index (χ2n) is 11.6. The molecule has 43 heavy (non-hydrogen) atoms. The molecule has 1 N–H and O–H groups in total.